The van der Waals surface area contributed by atoms with Crippen molar-refractivity contribution in [3.8, 4) is 5.75 Å². The van der Waals surface area contributed by atoms with E-state index in [9.17, 15) is 0 Å². The van der Waals surface area contributed by atoms with Crippen LogP contribution in [0.4, 0.5) is 5.82 Å². The SMILES string of the molecule is Cc1ccc(N2CCC[C@H](NCc3ccc4c(c3)CCO4)C2)nn1. The van der Waals surface area contributed by atoms with E-state index in [4.69, 9.17) is 4.74 Å². The molecule has 5 nitrogen and oxygen atoms in total. The quantitative estimate of drug-likeness (QED) is 0.936. The Kier molecular flexibility index (Phi) is 4.34. The van der Waals surface area contributed by atoms with E-state index in [-0.39, 0.29) is 0 Å². The van der Waals surface area contributed by atoms with E-state index in [0.29, 0.717) is 6.04 Å². The van der Waals surface area contributed by atoms with Crippen LogP contribution in [0.2, 0.25) is 0 Å². The lowest BCUT2D eigenvalue weighted by Gasteiger charge is -2.33. The predicted octanol–water partition coefficient (Wildman–Crippen LogP) is 2.48. The van der Waals surface area contributed by atoms with Crippen molar-refractivity contribution in [3.63, 3.8) is 0 Å². The van der Waals surface area contributed by atoms with Crippen LogP contribution in [0.3, 0.4) is 0 Å². The predicted molar refractivity (Wildman–Crippen MR) is 94.5 cm³/mol. The molecular weight excluding hydrogens is 300 g/mol. The second-order valence-electron chi connectivity index (χ2n) is 6.74. The Morgan fingerprint density at radius 1 is 1.25 bits per heavy atom. The minimum absolute atomic E-state index is 0.492. The Morgan fingerprint density at radius 2 is 2.21 bits per heavy atom. The van der Waals surface area contributed by atoms with Crippen LogP contribution in [0, 0.1) is 6.92 Å². The lowest BCUT2D eigenvalue weighted by molar-refractivity contribution is 0.356. The molecule has 1 saturated heterocycles. The molecule has 1 atom stereocenters. The molecule has 0 radical (unpaired) electrons. The van der Waals surface area contributed by atoms with Gasteiger partial charge in [-0.2, -0.15) is 5.10 Å². The van der Waals surface area contributed by atoms with E-state index >= 15 is 0 Å². The fourth-order valence-corrected chi connectivity index (χ4v) is 3.52. The molecule has 0 saturated carbocycles. The number of hydrogen-bond acceptors (Lipinski definition) is 5. The molecule has 0 bridgehead atoms. The number of ether oxygens (including phenoxy) is 1. The van der Waals surface area contributed by atoms with Gasteiger partial charge in [0.05, 0.1) is 12.3 Å². The van der Waals surface area contributed by atoms with E-state index in [2.05, 4.69) is 44.7 Å². The fourth-order valence-electron chi connectivity index (χ4n) is 3.52. The van der Waals surface area contributed by atoms with E-state index in [1.807, 2.05) is 13.0 Å². The van der Waals surface area contributed by atoms with E-state index < -0.39 is 0 Å². The maximum atomic E-state index is 5.58. The van der Waals surface area contributed by atoms with E-state index in [0.717, 1.165) is 49.9 Å². The third kappa shape index (κ3) is 3.36. The normalized spacial score (nSPS) is 19.9. The Morgan fingerprint density at radius 3 is 3.08 bits per heavy atom. The van der Waals surface area contributed by atoms with Crippen LogP contribution in [0.5, 0.6) is 5.75 Å². The van der Waals surface area contributed by atoms with Gasteiger partial charge in [0.2, 0.25) is 0 Å². The molecule has 1 aromatic heterocycles. The number of nitrogens with zero attached hydrogens (tertiary/aromatic N) is 3. The van der Waals surface area contributed by atoms with Crippen molar-refractivity contribution in [1.82, 2.24) is 15.5 Å². The Balaban J connectivity index is 1.35. The molecular formula is C19H24N4O. The number of piperidine rings is 1. The van der Waals surface area contributed by atoms with Crippen LogP contribution in [-0.4, -0.2) is 35.9 Å². The maximum Gasteiger partial charge on any atom is 0.151 e. The van der Waals surface area contributed by atoms with Crippen LogP contribution in [0.15, 0.2) is 30.3 Å². The monoisotopic (exact) mass is 324 g/mol. The van der Waals surface area contributed by atoms with Crippen molar-refractivity contribution >= 4 is 5.82 Å². The molecule has 1 fully saturated rings. The van der Waals surface area contributed by atoms with Gasteiger partial charge in [0.15, 0.2) is 5.82 Å². The second kappa shape index (κ2) is 6.77. The first-order valence-electron chi connectivity index (χ1n) is 8.81. The van der Waals surface area contributed by atoms with Gasteiger partial charge in [0, 0.05) is 32.1 Å². The van der Waals surface area contributed by atoms with Gasteiger partial charge in [-0.25, -0.2) is 0 Å². The van der Waals surface area contributed by atoms with Crippen molar-refractivity contribution in [2.24, 2.45) is 0 Å². The first-order valence-corrected chi connectivity index (χ1v) is 8.81. The van der Waals surface area contributed by atoms with Gasteiger partial charge in [-0.05, 0) is 49.1 Å². The molecule has 0 spiro atoms. The van der Waals surface area contributed by atoms with Crippen molar-refractivity contribution in [1.29, 1.82) is 0 Å². The van der Waals surface area contributed by atoms with Crippen molar-refractivity contribution in [2.45, 2.75) is 38.8 Å². The zero-order valence-corrected chi connectivity index (χ0v) is 14.2. The molecule has 1 aromatic carbocycles. The molecule has 24 heavy (non-hydrogen) atoms. The number of anilines is 1. The molecule has 5 heteroatoms. The molecule has 2 aromatic rings. The molecule has 4 rings (SSSR count). The van der Waals surface area contributed by atoms with Gasteiger partial charge in [0.1, 0.15) is 5.75 Å². The van der Waals surface area contributed by atoms with Crippen LogP contribution in [0.25, 0.3) is 0 Å². The maximum absolute atomic E-state index is 5.58. The average molecular weight is 324 g/mol. The van der Waals surface area contributed by atoms with Crippen molar-refractivity contribution in [3.05, 3.63) is 47.2 Å². The molecule has 126 valence electrons. The molecule has 2 aliphatic rings. The lowest BCUT2D eigenvalue weighted by atomic mass is 10.0. The number of fused-ring (bicyclic) bond motifs is 1. The number of benzene rings is 1. The van der Waals surface area contributed by atoms with Crippen LogP contribution >= 0.6 is 0 Å². The molecule has 3 heterocycles. The highest BCUT2D eigenvalue weighted by Gasteiger charge is 2.21. The molecule has 1 N–H and O–H groups in total. The third-order valence-corrected chi connectivity index (χ3v) is 4.88. The summed E-state index contributed by atoms with van der Waals surface area (Å²) in [6.45, 7) is 5.75. The number of aromatic nitrogens is 2. The zero-order chi connectivity index (χ0) is 16.4. The summed E-state index contributed by atoms with van der Waals surface area (Å²) >= 11 is 0. The highest BCUT2D eigenvalue weighted by molar-refractivity contribution is 5.40. The van der Waals surface area contributed by atoms with Crippen LogP contribution in [-0.2, 0) is 13.0 Å². The summed E-state index contributed by atoms with van der Waals surface area (Å²) in [5, 5.41) is 12.2. The first-order chi connectivity index (χ1) is 11.8. The van der Waals surface area contributed by atoms with Crippen LogP contribution in [0.1, 0.15) is 29.7 Å². The van der Waals surface area contributed by atoms with Gasteiger partial charge in [0.25, 0.3) is 0 Å². The zero-order valence-electron chi connectivity index (χ0n) is 14.2. The highest BCUT2D eigenvalue weighted by Crippen LogP contribution is 2.26. The lowest BCUT2D eigenvalue weighted by Crippen LogP contribution is -2.45. The fraction of sp³-hybridized carbons (Fsp3) is 0.474. The number of aryl methyl sites for hydroxylation is 1. The summed E-state index contributed by atoms with van der Waals surface area (Å²) in [7, 11) is 0. The Labute approximate surface area is 143 Å². The largest absolute Gasteiger partial charge is 0.493 e. The van der Waals surface area contributed by atoms with E-state index in [1.165, 1.54) is 24.0 Å². The molecule has 0 amide bonds. The molecule has 0 aliphatic carbocycles. The highest BCUT2D eigenvalue weighted by atomic mass is 16.5. The second-order valence-corrected chi connectivity index (χ2v) is 6.74. The van der Waals surface area contributed by atoms with Crippen molar-refractivity contribution in [2.75, 3.05) is 24.6 Å². The average Bonchev–Trinajstić information content (AvgIpc) is 3.08. The summed E-state index contributed by atoms with van der Waals surface area (Å²) in [6, 6.07) is 11.2. The summed E-state index contributed by atoms with van der Waals surface area (Å²) in [4.78, 5) is 2.34. The van der Waals surface area contributed by atoms with Crippen LogP contribution < -0.4 is 15.0 Å². The Bertz CT molecular complexity index is 701. The minimum Gasteiger partial charge on any atom is -0.493 e. The minimum atomic E-state index is 0.492. The standard InChI is InChI=1S/C19H24N4O/c1-14-4-7-19(22-21-14)23-9-2-3-17(13-23)20-12-15-5-6-18-16(11-15)8-10-24-18/h4-7,11,17,20H,2-3,8-10,12-13H2,1H3/t17-/m0/s1. The third-order valence-electron chi connectivity index (χ3n) is 4.88. The van der Waals surface area contributed by atoms with Gasteiger partial charge in [-0.3, -0.25) is 0 Å². The summed E-state index contributed by atoms with van der Waals surface area (Å²) in [5.74, 6) is 2.04. The summed E-state index contributed by atoms with van der Waals surface area (Å²) in [5.41, 5.74) is 3.65. The number of hydrogen-bond donors (Lipinski definition) is 1. The van der Waals surface area contributed by atoms with Gasteiger partial charge < -0.3 is 15.0 Å². The first kappa shape index (κ1) is 15.4. The van der Waals surface area contributed by atoms with Gasteiger partial charge in [-0.1, -0.05) is 12.1 Å². The molecule has 0 unspecified atom stereocenters. The van der Waals surface area contributed by atoms with Gasteiger partial charge in [-0.15, -0.1) is 5.10 Å². The summed E-state index contributed by atoms with van der Waals surface area (Å²) < 4.78 is 5.58. The Hall–Kier alpha value is -2.14. The van der Waals surface area contributed by atoms with E-state index in [1.54, 1.807) is 0 Å². The van der Waals surface area contributed by atoms with Gasteiger partial charge >= 0.3 is 0 Å². The number of nitrogens with one attached hydrogen (secondary N) is 1. The topological polar surface area (TPSA) is 50.3 Å². The number of rotatable bonds is 4. The smallest absolute Gasteiger partial charge is 0.151 e. The molecule has 2 aliphatic heterocycles. The van der Waals surface area contributed by atoms with Crippen molar-refractivity contribution < 1.29 is 4.74 Å². The summed E-state index contributed by atoms with van der Waals surface area (Å²) in [6.07, 6.45) is 3.43.